The number of fused-ring (bicyclic) bond motifs is 5. The van der Waals surface area contributed by atoms with Gasteiger partial charge in [-0.05, 0) is 29.7 Å². The molecule has 0 aromatic carbocycles. The largest absolute Gasteiger partial charge is 0.397 e. The van der Waals surface area contributed by atoms with E-state index in [1.807, 2.05) is 0 Å². The third-order valence-electron chi connectivity index (χ3n) is 7.12. The first-order valence-corrected chi connectivity index (χ1v) is 18.0. The molecule has 3 aliphatic heterocycles. The summed E-state index contributed by atoms with van der Waals surface area (Å²) in [5.41, 5.74) is 11.7. The van der Waals surface area contributed by atoms with Crippen molar-refractivity contribution in [2.45, 2.75) is 49.5 Å². The predicted octanol–water partition coefficient (Wildman–Crippen LogP) is -0.102. The molecule has 7 rings (SSSR count). The number of nitrogens with one attached hydrogen (secondary N) is 1. The van der Waals surface area contributed by atoms with E-state index >= 15 is 4.39 Å². The molecule has 9 atom stereocenters. The number of rotatable bonds is 2. The second-order valence-corrected chi connectivity index (χ2v) is 15.6. The maximum Gasteiger partial charge on any atom is 0.325 e. The molecule has 3 aliphatic rings. The van der Waals surface area contributed by atoms with Gasteiger partial charge in [-0.1, -0.05) is 5.21 Å². The Labute approximate surface area is 255 Å². The summed E-state index contributed by atoms with van der Waals surface area (Å²) in [6.45, 7) is -9.08. The number of nitrogens with zero attached hydrogens (tertiary/aromatic N) is 7. The van der Waals surface area contributed by atoms with Gasteiger partial charge >= 0.3 is 13.4 Å². The zero-order chi connectivity index (χ0) is 31.0. The first-order valence-electron chi connectivity index (χ1n) is 12.8. The zero-order valence-corrected chi connectivity index (χ0v) is 25.4. The molecule has 7 N–H and O–H groups in total. The SMILES string of the molecule is Nc1nc2c(ncn2[C@@H]2O[C@@H]3COP(O)(=S)OC4[C@@H](COP(O)(=S)O[C@H]2C3)O[C@@H](n2nnc3c(N)ccnc32)[C@H]4F)c(=O)[nH]1. The van der Waals surface area contributed by atoms with Gasteiger partial charge in [-0.25, -0.2) is 14.4 Å². The highest BCUT2D eigenvalue weighted by molar-refractivity contribution is 8.07. The third kappa shape index (κ3) is 5.44. The van der Waals surface area contributed by atoms with Crippen LogP contribution in [0.5, 0.6) is 0 Å². The van der Waals surface area contributed by atoms with Crippen molar-refractivity contribution in [3.63, 3.8) is 0 Å². The number of pyridine rings is 1. The van der Waals surface area contributed by atoms with E-state index < -0.39 is 68.6 Å². The number of H-pyrrole nitrogens is 1. The van der Waals surface area contributed by atoms with Crippen LogP contribution in [-0.2, 0) is 51.2 Å². The molecule has 4 aromatic heterocycles. The van der Waals surface area contributed by atoms with Crippen LogP contribution in [0.3, 0.4) is 0 Å². The molecule has 2 bridgehead atoms. The Bertz CT molecular complexity index is 1910. The van der Waals surface area contributed by atoms with Crippen molar-refractivity contribution in [3.05, 3.63) is 28.9 Å². The summed E-state index contributed by atoms with van der Waals surface area (Å²) in [6.07, 6.45) is -6.39. The van der Waals surface area contributed by atoms with Crippen LogP contribution < -0.4 is 17.0 Å². The van der Waals surface area contributed by atoms with E-state index in [0.29, 0.717) is 0 Å². The normalized spacial score (nSPS) is 36.6. The number of halogens is 1. The summed E-state index contributed by atoms with van der Waals surface area (Å²) < 4.78 is 53.0. The van der Waals surface area contributed by atoms with E-state index in [-0.39, 0.29) is 47.0 Å². The van der Waals surface area contributed by atoms with E-state index in [2.05, 4.69) is 30.2 Å². The Balaban J connectivity index is 1.19. The molecule has 4 aromatic rings. The van der Waals surface area contributed by atoms with E-state index in [1.165, 1.54) is 23.2 Å². The summed E-state index contributed by atoms with van der Waals surface area (Å²) in [5.74, 6) is -0.163. The topological polar surface area (TPSA) is 255 Å². The number of aromatic nitrogens is 8. The van der Waals surface area contributed by atoms with Crippen LogP contribution in [0.2, 0.25) is 0 Å². The first kappa shape index (κ1) is 30.1. The molecule has 236 valence electrons. The summed E-state index contributed by atoms with van der Waals surface area (Å²) >= 11 is 10.5. The third-order valence-corrected chi connectivity index (χ3v) is 10.3. The van der Waals surface area contributed by atoms with Gasteiger partial charge in [0.1, 0.15) is 18.3 Å². The molecule has 24 heteroatoms. The fourth-order valence-corrected chi connectivity index (χ4v) is 8.11. The molecule has 0 amide bonds. The van der Waals surface area contributed by atoms with Gasteiger partial charge in [0.2, 0.25) is 5.95 Å². The van der Waals surface area contributed by atoms with Gasteiger partial charge in [-0.15, -0.1) is 5.10 Å². The van der Waals surface area contributed by atoms with E-state index in [9.17, 15) is 14.6 Å². The smallest absolute Gasteiger partial charge is 0.325 e. The summed E-state index contributed by atoms with van der Waals surface area (Å²) in [7, 11) is 0. The van der Waals surface area contributed by atoms with Gasteiger partial charge in [0, 0.05) is 12.6 Å². The van der Waals surface area contributed by atoms with Gasteiger partial charge in [0.05, 0.1) is 31.3 Å². The van der Waals surface area contributed by atoms with Gasteiger partial charge in [-0.2, -0.15) is 9.67 Å². The number of aromatic amines is 1. The highest BCUT2D eigenvalue weighted by Gasteiger charge is 2.52. The Kier molecular flexibility index (Phi) is 7.55. The molecule has 19 nitrogen and oxygen atoms in total. The van der Waals surface area contributed by atoms with Gasteiger partial charge in [0.15, 0.2) is 41.0 Å². The number of anilines is 2. The quantitative estimate of drug-likeness (QED) is 0.172. The molecule has 44 heavy (non-hydrogen) atoms. The molecule has 0 aliphatic carbocycles. The summed E-state index contributed by atoms with van der Waals surface area (Å²) in [6, 6.07) is 1.51. The minimum Gasteiger partial charge on any atom is -0.397 e. The number of nitrogens with two attached hydrogens (primary N) is 2. The zero-order valence-electron chi connectivity index (χ0n) is 22.0. The number of ether oxygens (including phenoxy) is 2. The van der Waals surface area contributed by atoms with Crippen molar-refractivity contribution < 1.29 is 41.7 Å². The van der Waals surface area contributed by atoms with Gasteiger partial charge in [-0.3, -0.25) is 18.9 Å². The monoisotopic (exact) mass is 692 g/mol. The molecule has 0 spiro atoms. The van der Waals surface area contributed by atoms with Crippen molar-refractivity contribution >= 4 is 71.0 Å². The van der Waals surface area contributed by atoms with Crippen LogP contribution in [-0.4, -0.2) is 93.1 Å². The molecule has 3 unspecified atom stereocenters. The summed E-state index contributed by atoms with van der Waals surface area (Å²) in [5, 5.41) is 7.88. The average Bonchev–Trinajstić information content (AvgIpc) is 3.72. The molecular formula is C20H23FN10O9P2S2. The second-order valence-electron chi connectivity index (χ2n) is 10.0. The van der Waals surface area contributed by atoms with Crippen molar-refractivity contribution in [1.82, 2.24) is 39.5 Å². The van der Waals surface area contributed by atoms with Crippen molar-refractivity contribution in [2.75, 3.05) is 24.7 Å². The molecule has 3 saturated heterocycles. The summed E-state index contributed by atoms with van der Waals surface area (Å²) in [4.78, 5) is 49.0. The van der Waals surface area contributed by atoms with E-state index in [0.717, 1.165) is 4.68 Å². The Morgan fingerprint density at radius 3 is 2.61 bits per heavy atom. The molecule has 0 radical (unpaired) electrons. The highest BCUT2D eigenvalue weighted by Crippen LogP contribution is 2.54. The average molecular weight is 693 g/mol. The van der Waals surface area contributed by atoms with E-state index in [1.54, 1.807) is 0 Å². The van der Waals surface area contributed by atoms with Crippen LogP contribution in [0.25, 0.3) is 22.3 Å². The lowest BCUT2D eigenvalue weighted by atomic mass is 10.1. The van der Waals surface area contributed by atoms with Gasteiger partial charge in [0.25, 0.3) is 5.56 Å². The Morgan fingerprint density at radius 2 is 1.80 bits per heavy atom. The number of alkyl halides is 1. The van der Waals surface area contributed by atoms with Crippen LogP contribution >= 0.6 is 13.4 Å². The number of hydrogen-bond donors (Lipinski definition) is 5. The van der Waals surface area contributed by atoms with E-state index in [4.69, 9.17) is 62.6 Å². The molecular weight excluding hydrogens is 669 g/mol. The van der Waals surface area contributed by atoms with Crippen molar-refractivity contribution in [2.24, 2.45) is 0 Å². The minimum absolute atomic E-state index is 0.0209. The first-order chi connectivity index (χ1) is 20.9. The van der Waals surface area contributed by atoms with Crippen LogP contribution in [0, 0.1) is 0 Å². The van der Waals surface area contributed by atoms with Crippen molar-refractivity contribution in [3.8, 4) is 0 Å². The van der Waals surface area contributed by atoms with Gasteiger partial charge < -0.3 is 44.3 Å². The van der Waals surface area contributed by atoms with Crippen LogP contribution in [0.1, 0.15) is 18.9 Å². The molecule has 7 heterocycles. The highest BCUT2D eigenvalue weighted by atomic mass is 32.5. The second kappa shape index (κ2) is 11.0. The lowest BCUT2D eigenvalue weighted by Crippen LogP contribution is -2.34. The Hall–Kier alpha value is -2.59. The van der Waals surface area contributed by atoms with Crippen LogP contribution in [0.15, 0.2) is 23.4 Å². The predicted molar refractivity (Wildman–Crippen MR) is 154 cm³/mol. The fourth-order valence-electron chi connectivity index (χ4n) is 5.21. The van der Waals surface area contributed by atoms with Crippen molar-refractivity contribution in [1.29, 1.82) is 0 Å². The minimum atomic E-state index is -4.13. The molecule has 0 saturated carbocycles. The fraction of sp³-hybridized carbons (Fsp3) is 0.500. The number of hydrogen-bond acceptors (Lipinski definition) is 16. The number of nitrogen functional groups attached to an aromatic ring is 2. The molecule has 3 fully saturated rings. The Morgan fingerprint density at radius 1 is 1.02 bits per heavy atom. The standard InChI is InChI=1S/C20H23FN10O9P2S2/c21-11-14-10(38-19(11)31-15-12(28-29-31)8(22)1-2-24-15)5-36-41(33,43)39-9-3-7(4-35-42(34,44)40-14)37-18(9)30-6-25-13-16(30)26-20(23)27-17(13)32/h1-2,6-7,9-11,14,18-19H,3-5H2,(H2,22,24)(H,33,43)(H,34,44)(H3,23,26,27,32)/t7-,9-,10+,11-,14?,18+,19+,41?,42?/m0/s1. The maximum atomic E-state index is 16.0. The maximum absolute atomic E-state index is 16.0. The lowest BCUT2D eigenvalue weighted by molar-refractivity contribution is -0.0616. The number of imidazole rings is 1. The van der Waals surface area contributed by atoms with Crippen LogP contribution in [0.4, 0.5) is 16.0 Å². The lowest BCUT2D eigenvalue weighted by Gasteiger charge is -2.27.